The molecule has 0 unspecified atom stereocenters. The minimum Gasteiger partial charge on any atom is -0.493 e. The monoisotopic (exact) mass is 324 g/mol. The van der Waals surface area contributed by atoms with Crippen LogP contribution in [-0.2, 0) is 5.33 Å². The van der Waals surface area contributed by atoms with Gasteiger partial charge in [0.1, 0.15) is 0 Å². The molecule has 0 saturated carbocycles. The summed E-state index contributed by atoms with van der Waals surface area (Å²) in [6.07, 6.45) is 0. The molecule has 4 heteroatoms. The first-order valence-electron chi connectivity index (χ1n) is 5.81. The lowest BCUT2D eigenvalue weighted by molar-refractivity contribution is 0.370. The number of benzene rings is 2. The first-order valence-corrected chi connectivity index (χ1v) is 6.93. The fourth-order valence-electron chi connectivity index (χ4n) is 1.69. The summed E-state index contributed by atoms with van der Waals surface area (Å²) in [4.78, 5) is 0. The summed E-state index contributed by atoms with van der Waals surface area (Å²) in [5, 5.41) is 0.609. The van der Waals surface area contributed by atoms with Gasteiger partial charge in [-0.25, -0.2) is 4.39 Å². The van der Waals surface area contributed by atoms with E-state index in [2.05, 4.69) is 15.9 Å². The summed E-state index contributed by atoms with van der Waals surface area (Å²) in [7, 11) is 1.56. The van der Waals surface area contributed by atoms with Gasteiger partial charge in [-0.15, -0.1) is 0 Å². The van der Waals surface area contributed by atoms with Crippen molar-refractivity contribution < 1.29 is 13.9 Å². The third-order valence-corrected chi connectivity index (χ3v) is 3.34. The van der Waals surface area contributed by atoms with Gasteiger partial charge in [0.05, 0.1) is 7.11 Å². The summed E-state index contributed by atoms with van der Waals surface area (Å²) in [6, 6.07) is 10.4. The number of hydrogen-bond donors (Lipinski definition) is 0. The van der Waals surface area contributed by atoms with E-state index < -0.39 is 0 Å². The Morgan fingerprint density at radius 1 is 1.05 bits per heavy atom. The van der Waals surface area contributed by atoms with Crippen LogP contribution in [0.4, 0.5) is 4.39 Å². The van der Waals surface area contributed by atoms with Gasteiger partial charge in [-0.05, 0) is 42.3 Å². The van der Waals surface area contributed by atoms with Gasteiger partial charge in [0.15, 0.2) is 23.1 Å². The highest BCUT2D eigenvalue weighted by atomic mass is 79.9. The van der Waals surface area contributed by atoms with E-state index in [-0.39, 0.29) is 11.6 Å². The van der Waals surface area contributed by atoms with Gasteiger partial charge < -0.3 is 9.47 Å². The van der Waals surface area contributed by atoms with Gasteiger partial charge in [-0.3, -0.25) is 0 Å². The van der Waals surface area contributed by atoms with Gasteiger partial charge >= 0.3 is 0 Å². The smallest absolute Gasteiger partial charge is 0.169 e. The number of hydrogen-bond acceptors (Lipinski definition) is 2. The summed E-state index contributed by atoms with van der Waals surface area (Å²) in [5.41, 5.74) is 1.92. The number of halogens is 2. The lowest BCUT2D eigenvalue weighted by Gasteiger charge is -2.12. The van der Waals surface area contributed by atoms with Crippen molar-refractivity contribution in [2.24, 2.45) is 0 Å². The average molecular weight is 325 g/mol. The molecule has 0 heterocycles. The minimum absolute atomic E-state index is 0.187. The fourth-order valence-corrected chi connectivity index (χ4v) is 2.04. The molecule has 19 heavy (non-hydrogen) atoms. The van der Waals surface area contributed by atoms with Crippen LogP contribution in [0, 0.1) is 12.7 Å². The molecule has 2 aromatic rings. The Morgan fingerprint density at radius 3 is 2.42 bits per heavy atom. The van der Waals surface area contributed by atoms with E-state index in [1.165, 1.54) is 6.07 Å². The molecular formula is C15H14BrFO2. The van der Waals surface area contributed by atoms with Crippen LogP contribution in [0.5, 0.6) is 17.2 Å². The van der Waals surface area contributed by atoms with Crippen molar-refractivity contribution in [1.29, 1.82) is 0 Å². The second kappa shape index (κ2) is 6.06. The third-order valence-electron chi connectivity index (χ3n) is 2.69. The Labute approximate surface area is 120 Å². The van der Waals surface area contributed by atoms with Crippen LogP contribution >= 0.6 is 15.9 Å². The lowest BCUT2D eigenvalue weighted by Crippen LogP contribution is -1.93. The summed E-state index contributed by atoms with van der Waals surface area (Å²) < 4.78 is 24.6. The zero-order chi connectivity index (χ0) is 13.8. The van der Waals surface area contributed by atoms with E-state index in [0.717, 1.165) is 11.1 Å². The molecule has 0 spiro atoms. The molecule has 2 rings (SSSR count). The van der Waals surface area contributed by atoms with E-state index in [0.29, 0.717) is 16.8 Å². The maximum absolute atomic E-state index is 13.9. The highest BCUT2D eigenvalue weighted by Crippen LogP contribution is 2.33. The van der Waals surface area contributed by atoms with Gasteiger partial charge in [0, 0.05) is 5.33 Å². The van der Waals surface area contributed by atoms with E-state index in [1.807, 2.05) is 25.1 Å². The van der Waals surface area contributed by atoms with Gasteiger partial charge in [0.25, 0.3) is 0 Å². The first kappa shape index (κ1) is 13.9. The number of aryl methyl sites for hydroxylation is 1. The Balaban J connectivity index is 2.31. The second-order valence-electron chi connectivity index (χ2n) is 4.15. The first-order chi connectivity index (χ1) is 9.13. The molecule has 0 amide bonds. The summed E-state index contributed by atoms with van der Waals surface area (Å²) in [5.74, 6) is 0.883. The Kier molecular flexibility index (Phi) is 4.43. The molecule has 0 N–H and O–H groups in total. The number of alkyl halides is 1. The number of rotatable bonds is 4. The third kappa shape index (κ3) is 3.26. The van der Waals surface area contributed by atoms with E-state index >= 15 is 0 Å². The van der Waals surface area contributed by atoms with Crippen molar-refractivity contribution in [3.8, 4) is 17.2 Å². The number of ether oxygens (including phenoxy) is 2. The molecule has 2 aromatic carbocycles. The molecule has 0 fully saturated rings. The van der Waals surface area contributed by atoms with Crippen molar-refractivity contribution in [3.05, 3.63) is 53.3 Å². The van der Waals surface area contributed by atoms with Crippen LogP contribution < -0.4 is 9.47 Å². The molecule has 0 aromatic heterocycles. The zero-order valence-corrected chi connectivity index (χ0v) is 12.3. The molecule has 0 aliphatic heterocycles. The van der Waals surface area contributed by atoms with E-state index in [4.69, 9.17) is 9.47 Å². The normalized spacial score (nSPS) is 10.3. The van der Waals surface area contributed by atoms with Crippen molar-refractivity contribution >= 4 is 15.9 Å². The Hall–Kier alpha value is -1.55. The maximum Gasteiger partial charge on any atom is 0.169 e. The van der Waals surface area contributed by atoms with Crippen molar-refractivity contribution in [2.45, 2.75) is 12.3 Å². The van der Waals surface area contributed by atoms with E-state index in [1.54, 1.807) is 19.2 Å². The molecule has 0 aliphatic rings. The van der Waals surface area contributed by atoms with Gasteiger partial charge in [0.2, 0.25) is 0 Å². The van der Waals surface area contributed by atoms with Crippen LogP contribution in [0.3, 0.4) is 0 Å². The lowest BCUT2D eigenvalue weighted by atomic mass is 10.2. The number of methoxy groups -OCH3 is 1. The predicted molar refractivity (Wildman–Crippen MR) is 76.8 cm³/mol. The Morgan fingerprint density at radius 2 is 1.79 bits per heavy atom. The molecule has 0 aliphatic carbocycles. The van der Waals surface area contributed by atoms with Crippen molar-refractivity contribution in [1.82, 2.24) is 0 Å². The highest BCUT2D eigenvalue weighted by Gasteiger charge is 2.10. The standard InChI is InChI=1S/C15H14BrFO2/c1-10-3-5-14(15(7-10)18-2)19-13-6-4-11(9-16)8-12(13)17/h3-8H,9H2,1-2H3. The molecule has 0 bridgehead atoms. The topological polar surface area (TPSA) is 18.5 Å². The van der Waals surface area contributed by atoms with Crippen LogP contribution in [0.2, 0.25) is 0 Å². The Bertz CT molecular complexity index is 584. The summed E-state index contributed by atoms with van der Waals surface area (Å²) >= 11 is 3.29. The second-order valence-corrected chi connectivity index (χ2v) is 4.72. The molecule has 0 atom stereocenters. The highest BCUT2D eigenvalue weighted by molar-refractivity contribution is 9.08. The van der Waals surface area contributed by atoms with Crippen LogP contribution in [0.1, 0.15) is 11.1 Å². The summed E-state index contributed by atoms with van der Waals surface area (Å²) in [6.45, 7) is 1.96. The predicted octanol–water partition coefficient (Wildman–Crippen LogP) is 4.83. The minimum atomic E-state index is -0.389. The fraction of sp³-hybridized carbons (Fsp3) is 0.200. The quantitative estimate of drug-likeness (QED) is 0.750. The molecular weight excluding hydrogens is 311 g/mol. The van der Waals surface area contributed by atoms with Crippen molar-refractivity contribution in [3.63, 3.8) is 0 Å². The largest absolute Gasteiger partial charge is 0.493 e. The molecule has 0 saturated heterocycles. The van der Waals surface area contributed by atoms with Crippen LogP contribution in [0.15, 0.2) is 36.4 Å². The van der Waals surface area contributed by atoms with Crippen molar-refractivity contribution in [2.75, 3.05) is 7.11 Å². The SMILES string of the molecule is COc1cc(C)ccc1Oc1ccc(CBr)cc1F. The van der Waals surface area contributed by atoms with E-state index in [9.17, 15) is 4.39 Å². The van der Waals surface area contributed by atoms with Crippen LogP contribution in [-0.4, -0.2) is 7.11 Å². The zero-order valence-electron chi connectivity index (χ0n) is 10.7. The average Bonchev–Trinajstić information content (AvgIpc) is 2.42. The van der Waals surface area contributed by atoms with Gasteiger partial charge in [-0.1, -0.05) is 28.1 Å². The van der Waals surface area contributed by atoms with Crippen LogP contribution in [0.25, 0.3) is 0 Å². The van der Waals surface area contributed by atoms with Gasteiger partial charge in [-0.2, -0.15) is 0 Å². The molecule has 0 radical (unpaired) electrons. The maximum atomic E-state index is 13.9. The molecule has 2 nitrogen and oxygen atoms in total. The molecule has 100 valence electrons.